The molecule has 150 valence electrons. The van der Waals surface area contributed by atoms with Gasteiger partial charge in [0.1, 0.15) is 0 Å². The third kappa shape index (κ3) is 3.63. The van der Waals surface area contributed by atoms with Crippen LogP contribution in [0.2, 0.25) is 0 Å². The highest BCUT2D eigenvalue weighted by atomic mass is 16.8. The number of rotatable bonds is 5. The van der Waals surface area contributed by atoms with E-state index in [0.717, 1.165) is 0 Å². The second kappa shape index (κ2) is 8.13. The van der Waals surface area contributed by atoms with Gasteiger partial charge in [0.05, 0.1) is 17.1 Å². The Morgan fingerprint density at radius 1 is 0.767 bits per heavy atom. The van der Waals surface area contributed by atoms with Crippen molar-refractivity contribution in [2.24, 2.45) is 10.2 Å². The molecule has 9 nitrogen and oxygen atoms in total. The Morgan fingerprint density at radius 2 is 1.30 bits per heavy atom. The molecular weight excluding hydrogens is 386 g/mol. The van der Waals surface area contributed by atoms with Gasteiger partial charge in [0.25, 0.3) is 0 Å². The van der Waals surface area contributed by atoms with Crippen molar-refractivity contribution in [2.45, 2.75) is 0 Å². The van der Waals surface area contributed by atoms with Crippen LogP contribution in [0.1, 0.15) is 0 Å². The summed E-state index contributed by atoms with van der Waals surface area (Å²) in [5.41, 5.74) is 0.798. The number of benzene rings is 3. The minimum atomic E-state index is -1.05. The number of aromatic hydroxyl groups is 1. The van der Waals surface area contributed by atoms with E-state index in [1.807, 2.05) is 12.1 Å². The topological polar surface area (TPSA) is 120 Å². The van der Waals surface area contributed by atoms with Crippen molar-refractivity contribution in [3.8, 4) is 17.3 Å². The van der Waals surface area contributed by atoms with Crippen LogP contribution < -0.4 is 10.8 Å². The molecule has 0 saturated carbocycles. The summed E-state index contributed by atoms with van der Waals surface area (Å²) < 4.78 is 2.67. The Morgan fingerprint density at radius 3 is 1.83 bits per heavy atom. The van der Waals surface area contributed by atoms with E-state index in [1.54, 1.807) is 48.5 Å². The summed E-state index contributed by atoms with van der Waals surface area (Å²) >= 11 is 0. The zero-order valence-electron chi connectivity index (χ0n) is 15.6. The first-order valence-electron chi connectivity index (χ1n) is 8.99. The second-order valence-corrected chi connectivity index (χ2v) is 6.32. The van der Waals surface area contributed by atoms with E-state index in [4.69, 9.17) is 5.21 Å². The van der Waals surface area contributed by atoms with Crippen LogP contribution in [0.15, 0.2) is 100.0 Å². The number of azo groups is 1. The first-order valence-corrected chi connectivity index (χ1v) is 8.99. The Hall–Kier alpha value is -4.05. The van der Waals surface area contributed by atoms with Gasteiger partial charge in [-0.3, -0.25) is 4.79 Å². The first kappa shape index (κ1) is 19.3. The van der Waals surface area contributed by atoms with Crippen LogP contribution in [0.3, 0.4) is 0 Å². The maximum Gasteiger partial charge on any atom is 0.303 e. The zero-order chi connectivity index (χ0) is 21.1. The van der Waals surface area contributed by atoms with Gasteiger partial charge in [0.15, 0.2) is 5.69 Å². The van der Waals surface area contributed by atoms with Crippen molar-refractivity contribution in [2.75, 3.05) is 0 Å². The molecule has 3 aromatic carbocycles. The van der Waals surface area contributed by atoms with Gasteiger partial charge in [-0.1, -0.05) is 36.4 Å². The van der Waals surface area contributed by atoms with E-state index in [1.165, 1.54) is 33.6 Å². The van der Waals surface area contributed by atoms with E-state index in [0.29, 0.717) is 17.1 Å². The minimum Gasteiger partial charge on any atom is -0.595 e. The molecule has 1 atom stereocenters. The molecule has 0 saturated heterocycles. The highest BCUT2D eigenvalue weighted by Crippen LogP contribution is 2.30. The molecule has 1 heterocycles. The number of aromatic nitrogens is 2. The SMILES string of the molecule is O=c1c(N=Nc2ccc([NH+]([O-])O)cc2)c(O)n(-c2ccccc2)n1-c1ccccc1. The summed E-state index contributed by atoms with van der Waals surface area (Å²) in [6.45, 7) is 0. The van der Waals surface area contributed by atoms with E-state index in [9.17, 15) is 15.1 Å². The molecular formula is C21H17N5O4. The fourth-order valence-electron chi connectivity index (χ4n) is 2.96. The highest BCUT2D eigenvalue weighted by Gasteiger charge is 2.22. The Labute approximate surface area is 170 Å². The van der Waals surface area contributed by atoms with E-state index >= 15 is 0 Å². The summed E-state index contributed by atoms with van der Waals surface area (Å²) in [5.74, 6) is -0.360. The van der Waals surface area contributed by atoms with Crippen molar-refractivity contribution in [1.82, 2.24) is 9.36 Å². The molecule has 30 heavy (non-hydrogen) atoms. The molecule has 0 aliphatic rings. The third-order valence-electron chi connectivity index (χ3n) is 4.39. The molecule has 0 radical (unpaired) electrons. The lowest BCUT2D eigenvalue weighted by Gasteiger charge is -2.12. The largest absolute Gasteiger partial charge is 0.595 e. The average molecular weight is 403 g/mol. The summed E-state index contributed by atoms with van der Waals surface area (Å²) in [4.78, 5) is 13.1. The number of nitrogens with one attached hydrogen (secondary N) is 1. The quantitative estimate of drug-likeness (QED) is 0.350. The molecule has 0 amide bonds. The molecule has 0 aliphatic heterocycles. The van der Waals surface area contributed by atoms with Crippen molar-refractivity contribution >= 4 is 17.1 Å². The van der Waals surface area contributed by atoms with Crippen molar-refractivity contribution in [1.29, 1.82) is 0 Å². The Kier molecular flexibility index (Phi) is 5.22. The number of hydrogen-bond acceptors (Lipinski definition) is 6. The maximum absolute atomic E-state index is 13.1. The van der Waals surface area contributed by atoms with Crippen LogP contribution >= 0.6 is 0 Å². The fraction of sp³-hybridized carbons (Fsp3) is 0. The maximum atomic E-state index is 13.1. The van der Waals surface area contributed by atoms with Crippen LogP contribution in [-0.4, -0.2) is 19.7 Å². The number of quaternary nitrogens is 1. The van der Waals surface area contributed by atoms with Gasteiger partial charge >= 0.3 is 5.56 Å². The van der Waals surface area contributed by atoms with E-state index < -0.39 is 10.8 Å². The van der Waals surface area contributed by atoms with Crippen molar-refractivity contribution in [3.63, 3.8) is 0 Å². The minimum absolute atomic E-state index is 0.110. The van der Waals surface area contributed by atoms with Crippen LogP contribution in [0.25, 0.3) is 11.4 Å². The smallest absolute Gasteiger partial charge is 0.303 e. The lowest BCUT2D eigenvalue weighted by molar-refractivity contribution is -0.991. The van der Waals surface area contributed by atoms with E-state index in [2.05, 4.69) is 10.2 Å². The van der Waals surface area contributed by atoms with Crippen LogP contribution in [0.5, 0.6) is 5.88 Å². The summed E-state index contributed by atoms with van der Waals surface area (Å²) in [6, 6.07) is 23.5. The van der Waals surface area contributed by atoms with Gasteiger partial charge < -0.3 is 10.3 Å². The standard InChI is InChI=1S/C21H17N5O4/c27-20-19(23-22-15-11-13-18(14-12-15)26(29)30)21(28)25(17-9-5-2-6-10-17)24(20)16-7-3-1-4-8-16/h1-14,26-27,29H. The molecule has 4 rings (SSSR count). The first-order chi connectivity index (χ1) is 14.6. The van der Waals surface area contributed by atoms with Gasteiger partial charge in [-0.25, -0.2) is 14.6 Å². The molecule has 9 heteroatoms. The van der Waals surface area contributed by atoms with Gasteiger partial charge in [0.2, 0.25) is 11.6 Å². The predicted molar refractivity (Wildman–Crippen MR) is 109 cm³/mol. The van der Waals surface area contributed by atoms with E-state index in [-0.39, 0.29) is 17.3 Å². The normalized spacial score (nSPS) is 12.3. The van der Waals surface area contributed by atoms with Crippen LogP contribution in [0, 0.1) is 5.21 Å². The number of hydrogen-bond donors (Lipinski definition) is 3. The molecule has 3 N–H and O–H groups in total. The third-order valence-corrected chi connectivity index (χ3v) is 4.39. The summed E-state index contributed by atoms with van der Waals surface area (Å²) in [7, 11) is 0. The average Bonchev–Trinajstić information content (AvgIpc) is 3.03. The Bertz CT molecular complexity index is 1230. The monoisotopic (exact) mass is 403 g/mol. The lowest BCUT2D eigenvalue weighted by atomic mass is 10.3. The Balaban J connectivity index is 1.83. The molecule has 0 aliphatic carbocycles. The molecule has 1 aromatic heterocycles. The highest BCUT2D eigenvalue weighted by molar-refractivity contribution is 5.53. The molecule has 0 spiro atoms. The molecule has 0 bridgehead atoms. The summed E-state index contributed by atoms with van der Waals surface area (Å²) in [6.07, 6.45) is 0. The van der Waals surface area contributed by atoms with Gasteiger partial charge in [-0.15, -0.1) is 5.11 Å². The van der Waals surface area contributed by atoms with Crippen molar-refractivity contribution in [3.05, 3.63) is 100 Å². The van der Waals surface area contributed by atoms with Gasteiger partial charge in [0, 0.05) is 12.1 Å². The zero-order valence-corrected chi connectivity index (χ0v) is 15.6. The molecule has 4 aromatic rings. The second-order valence-electron chi connectivity index (χ2n) is 6.32. The fourth-order valence-corrected chi connectivity index (χ4v) is 2.96. The summed E-state index contributed by atoms with van der Waals surface area (Å²) in [5, 5.41) is 37.6. The number of nitrogens with zero attached hydrogens (tertiary/aromatic N) is 4. The van der Waals surface area contributed by atoms with Crippen LogP contribution in [0.4, 0.5) is 17.1 Å². The number of para-hydroxylation sites is 2. The predicted octanol–water partition coefficient (Wildman–Crippen LogP) is 3.15. The lowest BCUT2D eigenvalue weighted by Crippen LogP contribution is -2.99. The van der Waals surface area contributed by atoms with Gasteiger partial charge in [-0.2, -0.15) is 10.3 Å². The molecule has 1 unspecified atom stereocenters. The van der Waals surface area contributed by atoms with Crippen molar-refractivity contribution < 1.29 is 15.5 Å². The molecule has 0 fully saturated rings. The van der Waals surface area contributed by atoms with Crippen LogP contribution in [-0.2, 0) is 0 Å². The van der Waals surface area contributed by atoms with Gasteiger partial charge in [-0.05, 0) is 36.4 Å².